The molecule has 0 amide bonds. The van der Waals surface area contributed by atoms with Gasteiger partial charge in [0.05, 0.1) is 5.92 Å². The summed E-state index contributed by atoms with van der Waals surface area (Å²) in [5.41, 5.74) is 1.11. The normalized spacial score (nSPS) is 12.0. The van der Waals surface area contributed by atoms with E-state index in [1.54, 1.807) is 0 Å². The van der Waals surface area contributed by atoms with Crippen molar-refractivity contribution < 1.29 is 9.90 Å². The Kier molecular flexibility index (Phi) is 6.85. The summed E-state index contributed by atoms with van der Waals surface area (Å²) in [4.78, 5) is 11.2. The lowest BCUT2D eigenvalue weighted by Gasteiger charge is -2.12. The molecule has 0 bridgehead atoms. The lowest BCUT2D eigenvalue weighted by Crippen LogP contribution is -2.16. The number of carboxylic acid groups (broad SMARTS) is 1. The van der Waals surface area contributed by atoms with Gasteiger partial charge < -0.3 is 5.11 Å². The first-order valence-electron chi connectivity index (χ1n) is 6.61. The molecule has 0 aliphatic carbocycles. The zero-order valence-corrected chi connectivity index (χ0v) is 10.8. The standard InChI is InChI=1S/C16H22O2/c1-2-3-4-5-9-12-15(16(17)18)13-14-10-7-6-8-11-14/h2,6-8,10-11,15H,1,3-5,9,12-13H2,(H,17,18). The SMILES string of the molecule is C=CCCCCCC(Cc1ccccc1)C(=O)O. The molecule has 0 heterocycles. The van der Waals surface area contributed by atoms with Gasteiger partial charge in [-0.15, -0.1) is 6.58 Å². The maximum atomic E-state index is 11.2. The second-order valence-electron chi connectivity index (χ2n) is 4.65. The molecule has 1 atom stereocenters. The van der Waals surface area contributed by atoms with E-state index in [1.807, 2.05) is 36.4 Å². The molecular formula is C16H22O2. The van der Waals surface area contributed by atoms with Crippen LogP contribution >= 0.6 is 0 Å². The van der Waals surface area contributed by atoms with Crippen LogP contribution in [0, 0.1) is 5.92 Å². The lowest BCUT2D eigenvalue weighted by molar-refractivity contribution is -0.142. The monoisotopic (exact) mass is 246 g/mol. The highest BCUT2D eigenvalue weighted by atomic mass is 16.4. The van der Waals surface area contributed by atoms with Crippen LogP contribution in [0.2, 0.25) is 0 Å². The van der Waals surface area contributed by atoms with Gasteiger partial charge in [-0.05, 0) is 31.2 Å². The van der Waals surface area contributed by atoms with E-state index >= 15 is 0 Å². The molecule has 0 aliphatic rings. The van der Waals surface area contributed by atoms with Crippen molar-refractivity contribution in [1.82, 2.24) is 0 Å². The fourth-order valence-electron chi connectivity index (χ4n) is 2.07. The molecule has 98 valence electrons. The van der Waals surface area contributed by atoms with E-state index in [0.717, 1.165) is 37.7 Å². The van der Waals surface area contributed by atoms with E-state index in [0.29, 0.717) is 6.42 Å². The summed E-state index contributed by atoms with van der Waals surface area (Å²) >= 11 is 0. The van der Waals surface area contributed by atoms with Crippen molar-refractivity contribution in [1.29, 1.82) is 0 Å². The van der Waals surface area contributed by atoms with E-state index in [-0.39, 0.29) is 5.92 Å². The van der Waals surface area contributed by atoms with Crippen molar-refractivity contribution in [2.75, 3.05) is 0 Å². The van der Waals surface area contributed by atoms with Crippen LogP contribution < -0.4 is 0 Å². The number of aliphatic carboxylic acids is 1. The molecule has 0 fully saturated rings. The number of allylic oxidation sites excluding steroid dienone is 1. The van der Waals surface area contributed by atoms with E-state index < -0.39 is 5.97 Å². The molecule has 1 N–H and O–H groups in total. The fourth-order valence-corrected chi connectivity index (χ4v) is 2.07. The van der Waals surface area contributed by atoms with Crippen LogP contribution in [-0.4, -0.2) is 11.1 Å². The van der Waals surface area contributed by atoms with Crippen molar-refractivity contribution in [2.24, 2.45) is 5.92 Å². The van der Waals surface area contributed by atoms with Gasteiger partial charge in [0.25, 0.3) is 0 Å². The number of unbranched alkanes of at least 4 members (excludes halogenated alkanes) is 3. The molecule has 0 saturated heterocycles. The number of carboxylic acids is 1. The van der Waals surface area contributed by atoms with Crippen molar-refractivity contribution in [3.63, 3.8) is 0 Å². The van der Waals surface area contributed by atoms with Crippen LogP contribution in [0.5, 0.6) is 0 Å². The van der Waals surface area contributed by atoms with Crippen molar-refractivity contribution in [3.8, 4) is 0 Å². The molecule has 0 radical (unpaired) electrons. The van der Waals surface area contributed by atoms with Gasteiger partial charge in [0, 0.05) is 0 Å². The minimum absolute atomic E-state index is 0.254. The van der Waals surface area contributed by atoms with Crippen LogP contribution in [0.3, 0.4) is 0 Å². The first-order chi connectivity index (χ1) is 8.74. The predicted molar refractivity (Wildman–Crippen MR) is 74.6 cm³/mol. The Bertz CT molecular complexity index is 357. The minimum Gasteiger partial charge on any atom is -0.481 e. The van der Waals surface area contributed by atoms with Gasteiger partial charge in [0.15, 0.2) is 0 Å². The highest BCUT2D eigenvalue weighted by Crippen LogP contribution is 2.16. The summed E-state index contributed by atoms with van der Waals surface area (Å²) in [6.07, 6.45) is 7.53. The number of rotatable bonds is 9. The van der Waals surface area contributed by atoms with Crippen molar-refractivity contribution >= 4 is 5.97 Å². The Hall–Kier alpha value is -1.57. The van der Waals surface area contributed by atoms with Crippen molar-refractivity contribution in [2.45, 2.75) is 38.5 Å². The topological polar surface area (TPSA) is 37.3 Å². The number of carbonyl (C=O) groups is 1. The molecule has 0 spiro atoms. The van der Waals surface area contributed by atoms with Gasteiger partial charge in [-0.25, -0.2) is 0 Å². The summed E-state index contributed by atoms with van der Waals surface area (Å²) in [5.74, 6) is -0.932. The van der Waals surface area contributed by atoms with Crippen LogP contribution in [0.1, 0.15) is 37.7 Å². The maximum Gasteiger partial charge on any atom is 0.306 e. The molecular weight excluding hydrogens is 224 g/mol. The van der Waals surface area contributed by atoms with E-state index in [9.17, 15) is 9.90 Å². The second kappa shape index (κ2) is 8.51. The van der Waals surface area contributed by atoms with Crippen LogP contribution in [-0.2, 0) is 11.2 Å². The summed E-state index contributed by atoms with van der Waals surface area (Å²) < 4.78 is 0. The van der Waals surface area contributed by atoms with E-state index in [1.165, 1.54) is 0 Å². The minimum atomic E-state index is -0.678. The summed E-state index contributed by atoms with van der Waals surface area (Å²) in [7, 11) is 0. The number of benzene rings is 1. The summed E-state index contributed by atoms with van der Waals surface area (Å²) in [5, 5.41) is 9.22. The molecule has 1 rings (SSSR count). The largest absolute Gasteiger partial charge is 0.481 e. The highest BCUT2D eigenvalue weighted by molar-refractivity contribution is 5.70. The molecule has 1 aromatic carbocycles. The van der Waals surface area contributed by atoms with Gasteiger partial charge in [-0.2, -0.15) is 0 Å². The molecule has 1 unspecified atom stereocenters. The van der Waals surface area contributed by atoms with Crippen LogP contribution in [0.15, 0.2) is 43.0 Å². The Morgan fingerprint density at radius 3 is 2.56 bits per heavy atom. The molecule has 0 aliphatic heterocycles. The van der Waals surface area contributed by atoms with E-state index in [4.69, 9.17) is 0 Å². The van der Waals surface area contributed by atoms with Crippen molar-refractivity contribution in [3.05, 3.63) is 48.6 Å². The zero-order chi connectivity index (χ0) is 13.2. The smallest absolute Gasteiger partial charge is 0.306 e. The van der Waals surface area contributed by atoms with Gasteiger partial charge in [-0.1, -0.05) is 49.2 Å². The molecule has 2 heteroatoms. The maximum absolute atomic E-state index is 11.2. The average molecular weight is 246 g/mol. The van der Waals surface area contributed by atoms with Crippen LogP contribution in [0.4, 0.5) is 0 Å². The molecule has 2 nitrogen and oxygen atoms in total. The van der Waals surface area contributed by atoms with Gasteiger partial charge in [-0.3, -0.25) is 4.79 Å². The molecule has 0 aromatic heterocycles. The molecule has 0 saturated carbocycles. The van der Waals surface area contributed by atoms with Gasteiger partial charge in [0.1, 0.15) is 0 Å². The van der Waals surface area contributed by atoms with Gasteiger partial charge >= 0.3 is 5.97 Å². The predicted octanol–water partition coefficient (Wildman–Crippen LogP) is 4.07. The van der Waals surface area contributed by atoms with Gasteiger partial charge in [0.2, 0.25) is 0 Å². The first-order valence-corrected chi connectivity index (χ1v) is 6.61. The summed E-state index contributed by atoms with van der Waals surface area (Å²) in [6.45, 7) is 3.68. The first kappa shape index (κ1) is 14.5. The number of hydrogen-bond donors (Lipinski definition) is 1. The fraction of sp³-hybridized carbons (Fsp3) is 0.438. The zero-order valence-electron chi connectivity index (χ0n) is 10.8. The lowest BCUT2D eigenvalue weighted by atomic mass is 9.93. The quantitative estimate of drug-likeness (QED) is 0.527. The average Bonchev–Trinajstić information content (AvgIpc) is 2.38. The van der Waals surface area contributed by atoms with Crippen LogP contribution in [0.25, 0.3) is 0 Å². The molecule has 18 heavy (non-hydrogen) atoms. The highest BCUT2D eigenvalue weighted by Gasteiger charge is 2.17. The third-order valence-corrected chi connectivity index (χ3v) is 3.14. The summed E-state index contributed by atoms with van der Waals surface area (Å²) in [6, 6.07) is 9.85. The van der Waals surface area contributed by atoms with E-state index in [2.05, 4.69) is 6.58 Å². The Labute approximate surface area is 109 Å². The Morgan fingerprint density at radius 1 is 1.22 bits per heavy atom. The Morgan fingerprint density at radius 2 is 1.94 bits per heavy atom. The third-order valence-electron chi connectivity index (χ3n) is 3.14. The number of hydrogen-bond acceptors (Lipinski definition) is 1. The molecule has 1 aromatic rings. The Balaban J connectivity index is 2.36. The second-order valence-corrected chi connectivity index (χ2v) is 4.65. The third kappa shape index (κ3) is 5.67.